The van der Waals surface area contributed by atoms with Gasteiger partial charge in [0.2, 0.25) is 0 Å². The van der Waals surface area contributed by atoms with Crippen LogP contribution in [0.15, 0.2) is 16.8 Å². The van der Waals surface area contributed by atoms with Gasteiger partial charge in [-0.05, 0) is 20.8 Å². The van der Waals surface area contributed by atoms with E-state index in [0.29, 0.717) is 11.4 Å². The van der Waals surface area contributed by atoms with Gasteiger partial charge in [-0.3, -0.25) is 4.68 Å². The van der Waals surface area contributed by atoms with Gasteiger partial charge in [-0.25, -0.2) is 4.21 Å². The van der Waals surface area contributed by atoms with Gasteiger partial charge in [0.25, 0.3) is 0 Å². The van der Waals surface area contributed by atoms with E-state index in [1.54, 1.807) is 12.5 Å². The van der Waals surface area contributed by atoms with Crippen molar-refractivity contribution in [1.29, 1.82) is 0 Å². The summed E-state index contributed by atoms with van der Waals surface area (Å²) in [6, 6.07) is 0. The largest absolute Gasteiger partial charge is 0.265 e. The van der Waals surface area contributed by atoms with E-state index >= 15 is 0 Å². The van der Waals surface area contributed by atoms with Gasteiger partial charge in [0, 0.05) is 21.7 Å². The summed E-state index contributed by atoms with van der Waals surface area (Å²) in [7, 11) is -2.08. The Hall–Kier alpha value is -0.840. The number of rotatable bonds is 2. The van der Waals surface area contributed by atoms with Crippen LogP contribution in [0.5, 0.6) is 0 Å². The van der Waals surface area contributed by atoms with Crippen molar-refractivity contribution < 1.29 is 4.21 Å². The number of hydrogen-bond donors (Lipinski definition) is 0. The molecule has 0 spiro atoms. The van der Waals surface area contributed by atoms with Gasteiger partial charge in [0.05, 0.1) is 17.9 Å². The van der Waals surface area contributed by atoms with E-state index < -0.39 is 9.73 Å². The molecule has 0 saturated heterocycles. The van der Waals surface area contributed by atoms with Crippen molar-refractivity contribution in [1.82, 2.24) is 9.78 Å². The van der Waals surface area contributed by atoms with E-state index in [9.17, 15) is 4.21 Å². The summed E-state index contributed by atoms with van der Waals surface area (Å²) in [5.74, 6) is 0.563. The molecule has 1 aromatic heterocycles. The Morgan fingerprint density at radius 1 is 1.53 bits per heavy atom. The van der Waals surface area contributed by atoms with Crippen LogP contribution in [0.25, 0.3) is 0 Å². The van der Waals surface area contributed by atoms with Crippen molar-refractivity contribution in [3.05, 3.63) is 12.4 Å². The van der Waals surface area contributed by atoms with E-state index in [4.69, 9.17) is 0 Å². The SMILES string of the molecule is CC[S@](C)(=O)=Nc1cnn(C(C)(C)C)c1. The van der Waals surface area contributed by atoms with E-state index in [1.165, 1.54) is 0 Å². The molecule has 0 aromatic carbocycles. The predicted octanol–water partition coefficient (Wildman–Crippen LogP) is 2.39. The van der Waals surface area contributed by atoms with Crippen molar-refractivity contribution >= 4 is 15.4 Å². The van der Waals surface area contributed by atoms with Crippen molar-refractivity contribution in [3.63, 3.8) is 0 Å². The molecule has 5 heteroatoms. The van der Waals surface area contributed by atoms with Gasteiger partial charge in [-0.2, -0.15) is 9.46 Å². The van der Waals surface area contributed by atoms with Crippen LogP contribution >= 0.6 is 0 Å². The normalized spacial score (nSPS) is 16.1. The molecule has 0 unspecified atom stereocenters. The maximum Gasteiger partial charge on any atom is 0.111 e. The molecule has 0 bridgehead atoms. The van der Waals surface area contributed by atoms with Crippen molar-refractivity contribution in [2.45, 2.75) is 33.2 Å². The zero-order valence-corrected chi connectivity index (χ0v) is 10.8. The molecule has 0 aliphatic carbocycles. The fraction of sp³-hybridized carbons (Fsp3) is 0.700. The van der Waals surface area contributed by atoms with Gasteiger partial charge >= 0.3 is 0 Å². The van der Waals surface area contributed by atoms with Crippen LogP contribution in [0.1, 0.15) is 27.7 Å². The standard InChI is InChI=1S/C10H19N3OS/c1-6-15(5,14)12-9-7-11-13(8-9)10(2,3)4/h7-8H,6H2,1-5H3/t15-/m0/s1. The van der Waals surface area contributed by atoms with Crippen LogP contribution in [0.2, 0.25) is 0 Å². The highest BCUT2D eigenvalue weighted by Gasteiger charge is 2.14. The third-order valence-electron chi connectivity index (χ3n) is 2.09. The summed E-state index contributed by atoms with van der Waals surface area (Å²) in [6.07, 6.45) is 5.16. The summed E-state index contributed by atoms with van der Waals surface area (Å²) in [4.78, 5) is 0. The Morgan fingerprint density at radius 2 is 2.13 bits per heavy atom. The Bertz CT molecular complexity index is 447. The molecule has 0 fully saturated rings. The van der Waals surface area contributed by atoms with Gasteiger partial charge < -0.3 is 0 Å². The maximum atomic E-state index is 11.8. The van der Waals surface area contributed by atoms with Crippen LogP contribution in [-0.2, 0) is 15.3 Å². The van der Waals surface area contributed by atoms with E-state index in [2.05, 4.69) is 30.2 Å². The minimum atomic E-state index is -2.08. The lowest BCUT2D eigenvalue weighted by Crippen LogP contribution is -2.21. The summed E-state index contributed by atoms with van der Waals surface area (Å²) in [6.45, 7) is 8.06. The fourth-order valence-electron chi connectivity index (χ4n) is 1.01. The monoisotopic (exact) mass is 229 g/mol. The Kier molecular flexibility index (Phi) is 3.23. The van der Waals surface area contributed by atoms with E-state index in [-0.39, 0.29) is 5.54 Å². The lowest BCUT2D eigenvalue weighted by Gasteiger charge is -2.18. The molecule has 86 valence electrons. The number of nitrogens with zero attached hydrogens (tertiary/aromatic N) is 3. The number of aromatic nitrogens is 2. The minimum Gasteiger partial charge on any atom is -0.265 e. The van der Waals surface area contributed by atoms with Crippen LogP contribution < -0.4 is 0 Å². The van der Waals surface area contributed by atoms with Crippen LogP contribution in [-0.4, -0.2) is 26.0 Å². The molecule has 1 rings (SSSR count). The molecule has 4 nitrogen and oxygen atoms in total. The first-order valence-electron chi connectivity index (χ1n) is 4.99. The highest BCUT2D eigenvalue weighted by molar-refractivity contribution is 7.93. The van der Waals surface area contributed by atoms with Crippen molar-refractivity contribution in [2.24, 2.45) is 4.36 Å². The first-order valence-corrected chi connectivity index (χ1v) is 7.09. The van der Waals surface area contributed by atoms with Crippen LogP contribution in [0.3, 0.4) is 0 Å². The second-order valence-corrected chi connectivity index (χ2v) is 7.33. The zero-order valence-electron chi connectivity index (χ0n) is 10.0. The highest BCUT2D eigenvalue weighted by atomic mass is 32.2. The van der Waals surface area contributed by atoms with E-state index in [1.807, 2.05) is 17.8 Å². The molecule has 15 heavy (non-hydrogen) atoms. The molecule has 0 amide bonds. The predicted molar refractivity (Wildman–Crippen MR) is 63.9 cm³/mol. The Labute approximate surface area is 91.9 Å². The van der Waals surface area contributed by atoms with Crippen molar-refractivity contribution in [2.75, 3.05) is 12.0 Å². The zero-order chi connectivity index (χ0) is 11.7. The third-order valence-corrected chi connectivity index (χ3v) is 3.76. The molecule has 1 aromatic rings. The van der Waals surface area contributed by atoms with E-state index in [0.717, 1.165) is 0 Å². The lowest BCUT2D eigenvalue weighted by molar-refractivity contribution is 0.355. The summed E-state index contributed by atoms with van der Waals surface area (Å²) in [5.41, 5.74) is 0.633. The number of hydrogen-bond acceptors (Lipinski definition) is 3. The molecule has 0 radical (unpaired) electrons. The highest BCUT2D eigenvalue weighted by Crippen LogP contribution is 2.18. The smallest absolute Gasteiger partial charge is 0.111 e. The molecule has 0 N–H and O–H groups in total. The lowest BCUT2D eigenvalue weighted by atomic mass is 10.1. The molecule has 0 aliphatic rings. The third kappa shape index (κ3) is 3.34. The topological polar surface area (TPSA) is 47.2 Å². The first kappa shape index (κ1) is 12.2. The second kappa shape index (κ2) is 3.96. The van der Waals surface area contributed by atoms with Crippen LogP contribution in [0.4, 0.5) is 5.69 Å². The van der Waals surface area contributed by atoms with Gasteiger partial charge in [-0.1, -0.05) is 6.92 Å². The maximum absolute atomic E-state index is 11.8. The van der Waals surface area contributed by atoms with Crippen LogP contribution in [0, 0.1) is 0 Å². The second-order valence-electron chi connectivity index (χ2n) is 4.65. The fourth-order valence-corrected chi connectivity index (χ4v) is 1.68. The molecule has 1 heterocycles. The summed E-state index contributed by atoms with van der Waals surface area (Å²) in [5, 5.41) is 4.20. The van der Waals surface area contributed by atoms with Gasteiger partial charge in [0.15, 0.2) is 0 Å². The Balaban J connectivity index is 3.07. The minimum absolute atomic E-state index is 0.0609. The molecule has 1 atom stereocenters. The quantitative estimate of drug-likeness (QED) is 0.781. The van der Waals surface area contributed by atoms with Gasteiger partial charge in [-0.15, -0.1) is 0 Å². The molecule has 0 aliphatic heterocycles. The van der Waals surface area contributed by atoms with Crippen molar-refractivity contribution in [3.8, 4) is 0 Å². The molecular weight excluding hydrogens is 210 g/mol. The van der Waals surface area contributed by atoms with Gasteiger partial charge in [0.1, 0.15) is 5.69 Å². The Morgan fingerprint density at radius 3 is 2.53 bits per heavy atom. The molecular formula is C10H19N3OS. The average Bonchev–Trinajstić information content (AvgIpc) is 2.51. The average molecular weight is 229 g/mol. The first-order chi connectivity index (χ1) is 6.74. The molecule has 0 saturated carbocycles. The summed E-state index contributed by atoms with van der Waals surface area (Å²) < 4.78 is 17.8. The summed E-state index contributed by atoms with van der Waals surface area (Å²) >= 11 is 0.